The lowest BCUT2D eigenvalue weighted by Gasteiger charge is -2.02. The van der Waals surface area contributed by atoms with Crippen LogP contribution < -0.4 is 21.5 Å². The molecule has 0 saturated heterocycles. The molecule has 0 amide bonds. The van der Waals surface area contributed by atoms with E-state index >= 15 is 0 Å². The van der Waals surface area contributed by atoms with Crippen LogP contribution >= 0.6 is 0 Å². The number of aryl methyl sites for hydroxylation is 1. The number of aromatic nitrogens is 2. The Bertz CT molecular complexity index is 333. The summed E-state index contributed by atoms with van der Waals surface area (Å²) in [6.07, 6.45) is 19.9. The number of nitrogens with one attached hydrogen (secondary N) is 1. The van der Waals surface area contributed by atoms with E-state index < -0.39 is 0 Å². The number of H-pyrrole nitrogens is 1. The Morgan fingerprint density at radius 2 is 1.55 bits per heavy atom. The van der Waals surface area contributed by atoms with Crippen LogP contribution in [0.15, 0.2) is 19.0 Å². The van der Waals surface area contributed by atoms with Crippen LogP contribution in [0.1, 0.15) is 77.0 Å². The third-order valence-corrected chi connectivity index (χ3v) is 3.74. The van der Waals surface area contributed by atoms with Gasteiger partial charge in [0, 0.05) is 6.08 Å². The highest BCUT2D eigenvalue weighted by Gasteiger charge is 2.04. The Hall–Kier alpha value is -0.570. The minimum atomic E-state index is 0. The molecular formula is C17H31BrN2. The fourth-order valence-corrected chi connectivity index (χ4v) is 2.52. The second-order valence-corrected chi connectivity index (χ2v) is 5.42. The van der Waals surface area contributed by atoms with Crippen molar-refractivity contribution < 1.29 is 21.5 Å². The van der Waals surface area contributed by atoms with Gasteiger partial charge in [0.15, 0.2) is 0 Å². The van der Waals surface area contributed by atoms with E-state index in [2.05, 4.69) is 29.3 Å². The van der Waals surface area contributed by atoms with E-state index in [-0.39, 0.29) is 17.0 Å². The van der Waals surface area contributed by atoms with E-state index in [1.54, 1.807) is 0 Å². The first-order valence-corrected chi connectivity index (χ1v) is 8.07. The molecule has 0 aromatic carbocycles. The van der Waals surface area contributed by atoms with Crippen molar-refractivity contribution in [3.63, 3.8) is 0 Å². The van der Waals surface area contributed by atoms with Crippen molar-refractivity contribution in [2.24, 2.45) is 0 Å². The Morgan fingerprint density at radius 3 is 2.10 bits per heavy atom. The average molecular weight is 343 g/mol. The third kappa shape index (κ3) is 8.57. The Morgan fingerprint density at radius 1 is 1.00 bits per heavy atom. The molecule has 1 aromatic heterocycles. The summed E-state index contributed by atoms with van der Waals surface area (Å²) in [6, 6.07) is 0. The van der Waals surface area contributed by atoms with Crippen LogP contribution in [0.3, 0.4) is 0 Å². The van der Waals surface area contributed by atoms with Gasteiger partial charge in [-0.25, -0.2) is 9.55 Å². The molecule has 3 heteroatoms. The van der Waals surface area contributed by atoms with Crippen molar-refractivity contribution in [1.29, 1.82) is 0 Å². The number of halogens is 1. The SMILES string of the molecule is C=Cc1[nH]cc[n+]1CCCCCCCCCCCC.[Br-]. The fraction of sp³-hybridized carbons (Fsp3) is 0.706. The van der Waals surface area contributed by atoms with Gasteiger partial charge >= 0.3 is 0 Å². The van der Waals surface area contributed by atoms with Crippen molar-refractivity contribution in [3.05, 3.63) is 24.8 Å². The molecule has 1 N–H and O–H groups in total. The summed E-state index contributed by atoms with van der Waals surface area (Å²) >= 11 is 0. The van der Waals surface area contributed by atoms with Gasteiger partial charge in [-0.2, -0.15) is 0 Å². The van der Waals surface area contributed by atoms with Crippen molar-refractivity contribution >= 4 is 6.08 Å². The quantitative estimate of drug-likeness (QED) is 0.442. The zero-order valence-corrected chi connectivity index (χ0v) is 14.6. The minimum absolute atomic E-state index is 0. The number of unbranched alkanes of at least 4 members (excludes halogenated alkanes) is 9. The highest BCUT2D eigenvalue weighted by Crippen LogP contribution is 2.10. The van der Waals surface area contributed by atoms with Crippen molar-refractivity contribution in [2.45, 2.75) is 77.7 Å². The molecule has 1 rings (SSSR count). The van der Waals surface area contributed by atoms with E-state index in [9.17, 15) is 0 Å². The molecule has 0 aliphatic heterocycles. The maximum atomic E-state index is 3.81. The molecule has 0 bridgehead atoms. The first-order valence-electron chi connectivity index (χ1n) is 8.07. The highest BCUT2D eigenvalue weighted by molar-refractivity contribution is 5.31. The standard InChI is InChI=1S/C17H30N2.BrH/c1-3-5-6-7-8-9-10-11-12-13-15-19-16-14-18-17(19)4-2;/h4,14,16H,2-3,5-13,15H2,1H3;1H. The maximum Gasteiger partial charge on any atom is 0.278 e. The van der Waals surface area contributed by atoms with E-state index in [0.29, 0.717) is 0 Å². The van der Waals surface area contributed by atoms with Crippen molar-refractivity contribution in [2.75, 3.05) is 0 Å². The molecule has 0 aliphatic carbocycles. The molecule has 20 heavy (non-hydrogen) atoms. The predicted octanol–water partition coefficient (Wildman–Crippen LogP) is 1.87. The van der Waals surface area contributed by atoms with Gasteiger partial charge in [0.1, 0.15) is 12.4 Å². The second-order valence-electron chi connectivity index (χ2n) is 5.42. The normalized spacial score (nSPS) is 10.2. The number of rotatable bonds is 12. The lowest BCUT2D eigenvalue weighted by molar-refractivity contribution is -0.697. The number of imidazole rings is 1. The highest BCUT2D eigenvalue weighted by atomic mass is 79.9. The molecular weight excluding hydrogens is 312 g/mol. The van der Waals surface area contributed by atoms with E-state index in [1.807, 2.05) is 12.3 Å². The monoisotopic (exact) mass is 342 g/mol. The number of hydrogen-bond acceptors (Lipinski definition) is 0. The molecule has 0 radical (unpaired) electrons. The molecule has 0 atom stereocenters. The van der Waals surface area contributed by atoms with Crippen LogP contribution in [-0.4, -0.2) is 4.98 Å². The van der Waals surface area contributed by atoms with Crippen molar-refractivity contribution in [3.8, 4) is 0 Å². The Labute approximate surface area is 135 Å². The summed E-state index contributed by atoms with van der Waals surface area (Å²) in [5, 5.41) is 0. The van der Waals surface area contributed by atoms with Gasteiger partial charge in [-0.05, 0) is 12.8 Å². The van der Waals surface area contributed by atoms with Gasteiger partial charge in [-0.3, -0.25) is 0 Å². The van der Waals surface area contributed by atoms with Gasteiger partial charge < -0.3 is 17.0 Å². The summed E-state index contributed by atoms with van der Waals surface area (Å²) in [5.74, 6) is 1.12. The van der Waals surface area contributed by atoms with Gasteiger partial charge in [-0.15, -0.1) is 0 Å². The first kappa shape index (κ1) is 19.4. The molecule has 0 aliphatic rings. The molecule has 0 spiro atoms. The molecule has 0 fully saturated rings. The number of nitrogens with zero attached hydrogens (tertiary/aromatic N) is 1. The molecule has 1 heterocycles. The maximum absolute atomic E-state index is 3.81. The summed E-state index contributed by atoms with van der Waals surface area (Å²) in [5.41, 5.74) is 0. The summed E-state index contributed by atoms with van der Waals surface area (Å²) < 4.78 is 2.25. The predicted molar refractivity (Wildman–Crippen MR) is 82.9 cm³/mol. The zero-order valence-electron chi connectivity index (χ0n) is 13.0. The molecule has 2 nitrogen and oxygen atoms in total. The van der Waals surface area contributed by atoms with Gasteiger partial charge in [0.2, 0.25) is 0 Å². The third-order valence-electron chi connectivity index (χ3n) is 3.74. The van der Waals surface area contributed by atoms with E-state index in [0.717, 1.165) is 12.4 Å². The van der Waals surface area contributed by atoms with Crippen LogP contribution in [0.2, 0.25) is 0 Å². The van der Waals surface area contributed by atoms with Crippen LogP contribution in [0.4, 0.5) is 0 Å². The molecule has 1 aromatic rings. The smallest absolute Gasteiger partial charge is 0.278 e. The fourth-order valence-electron chi connectivity index (χ4n) is 2.52. The Kier molecular flexibility index (Phi) is 13.0. The summed E-state index contributed by atoms with van der Waals surface area (Å²) in [6.45, 7) is 7.20. The molecule has 116 valence electrons. The zero-order chi connectivity index (χ0) is 13.8. The van der Waals surface area contributed by atoms with Crippen LogP contribution in [0.25, 0.3) is 6.08 Å². The van der Waals surface area contributed by atoms with Crippen LogP contribution in [-0.2, 0) is 6.54 Å². The van der Waals surface area contributed by atoms with E-state index in [1.165, 1.54) is 64.2 Å². The second kappa shape index (κ2) is 13.4. The lowest BCUT2D eigenvalue weighted by Crippen LogP contribution is -3.00. The van der Waals surface area contributed by atoms with Gasteiger partial charge in [0.05, 0.1) is 6.54 Å². The largest absolute Gasteiger partial charge is 1.00 e. The topological polar surface area (TPSA) is 19.7 Å². The van der Waals surface area contributed by atoms with Gasteiger partial charge in [0.25, 0.3) is 5.82 Å². The van der Waals surface area contributed by atoms with E-state index in [4.69, 9.17) is 0 Å². The minimum Gasteiger partial charge on any atom is -1.00 e. The lowest BCUT2D eigenvalue weighted by atomic mass is 10.1. The number of aromatic amines is 1. The first-order chi connectivity index (χ1) is 9.38. The molecule has 0 saturated carbocycles. The van der Waals surface area contributed by atoms with Crippen LogP contribution in [0.5, 0.6) is 0 Å². The Balaban J connectivity index is 0.00000361. The van der Waals surface area contributed by atoms with Crippen molar-refractivity contribution in [1.82, 2.24) is 4.98 Å². The summed E-state index contributed by atoms with van der Waals surface area (Å²) in [7, 11) is 0. The summed E-state index contributed by atoms with van der Waals surface area (Å²) in [4.78, 5) is 3.19. The average Bonchev–Trinajstić information content (AvgIpc) is 2.88. The van der Waals surface area contributed by atoms with Crippen LogP contribution in [0, 0.1) is 0 Å². The van der Waals surface area contributed by atoms with Gasteiger partial charge in [-0.1, -0.05) is 64.9 Å². The number of hydrogen-bond donors (Lipinski definition) is 1. The molecule has 0 unspecified atom stereocenters.